The lowest BCUT2D eigenvalue weighted by atomic mass is 10.3. The third kappa shape index (κ3) is 6.38. The van der Waals surface area contributed by atoms with Gasteiger partial charge in [-0.15, -0.1) is 0 Å². The second kappa shape index (κ2) is 8.93. The standard InChI is InChI=1S/C13H20FNO5S/c1-18-4-5-19-6-7-20-8-9-21(16,17)13-10-11(14)2-3-12(13)15/h2-3,10H,4-9,15H2,1H3. The molecular weight excluding hydrogens is 301 g/mol. The minimum atomic E-state index is -3.67. The Bertz CT molecular complexity index is 535. The molecule has 6 nitrogen and oxygen atoms in total. The molecule has 1 aromatic rings. The van der Waals surface area contributed by atoms with E-state index in [0.29, 0.717) is 19.8 Å². The molecule has 0 spiro atoms. The number of benzene rings is 1. The maximum Gasteiger partial charge on any atom is 0.182 e. The van der Waals surface area contributed by atoms with E-state index >= 15 is 0 Å². The van der Waals surface area contributed by atoms with Crippen molar-refractivity contribution < 1.29 is 27.0 Å². The van der Waals surface area contributed by atoms with Gasteiger partial charge in [0.15, 0.2) is 9.84 Å². The molecule has 0 atom stereocenters. The van der Waals surface area contributed by atoms with Gasteiger partial charge in [0, 0.05) is 7.11 Å². The Labute approximate surface area is 123 Å². The molecule has 120 valence electrons. The quantitative estimate of drug-likeness (QED) is 0.508. The van der Waals surface area contributed by atoms with Crippen LogP contribution in [0.5, 0.6) is 0 Å². The molecule has 0 fully saturated rings. The van der Waals surface area contributed by atoms with Crippen molar-refractivity contribution in [3.8, 4) is 0 Å². The number of hydrogen-bond acceptors (Lipinski definition) is 6. The van der Waals surface area contributed by atoms with Gasteiger partial charge in [0.05, 0.1) is 49.4 Å². The third-order valence-corrected chi connectivity index (χ3v) is 4.34. The second-order valence-electron chi connectivity index (χ2n) is 4.22. The van der Waals surface area contributed by atoms with Gasteiger partial charge in [-0.25, -0.2) is 12.8 Å². The van der Waals surface area contributed by atoms with E-state index < -0.39 is 15.7 Å². The average molecular weight is 321 g/mol. The van der Waals surface area contributed by atoms with Gasteiger partial charge in [0.1, 0.15) is 5.82 Å². The lowest BCUT2D eigenvalue weighted by Gasteiger charge is -2.08. The highest BCUT2D eigenvalue weighted by Crippen LogP contribution is 2.20. The summed E-state index contributed by atoms with van der Waals surface area (Å²) in [4.78, 5) is -0.206. The molecule has 1 aromatic carbocycles. The van der Waals surface area contributed by atoms with Crippen molar-refractivity contribution >= 4 is 15.5 Å². The second-order valence-corrected chi connectivity index (χ2v) is 6.30. The number of hydrogen-bond donors (Lipinski definition) is 1. The summed E-state index contributed by atoms with van der Waals surface area (Å²) in [7, 11) is -2.09. The normalized spacial score (nSPS) is 11.7. The van der Waals surface area contributed by atoms with E-state index in [-0.39, 0.29) is 29.5 Å². The first-order valence-corrected chi connectivity index (χ1v) is 8.05. The van der Waals surface area contributed by atoms with Crippen molar-refractivity contribution in [2.24, 2.45) is 0 Å². The molecule has 0 saturated heterocycles. The van der Waals surface area contributed by atoms with Gasteiger partial charge < -0.3 is 19.9 Å². The van der Waals surface area contributed by atoms with Crippen LogP contribution in [0.1, 0.15) is 0 Å². The number of anilines is 1. The Morgan fingerprint density at radius 1 is 1.10 bits per heavy atom. The number of nitrogen functional groups attached to an aromatic ring is 1. The minimum Gasteiger partial charge on any atom is -0.398 e. The van der Waals surface area contributed by atoms with Gasteiger partial charge in [-0.3, -0.25) is 0 Å². The molecule has 0 aliphatic rings. The summed E-state index contributed by atoms with van der Waals surface area (Å²) >= 11 is 0. The van der Waals surface area contributed by atoms with Crippen molar-refractivity contribution in [1.29, 1.82) is 0 Å². The van der Waals surface area contributed by atoms with Crippen LogP contribution in [0, 0.1) is 5.82 Å². The molecule has 0 saturated carbocycles. The summed E-state index contributed by atoms with van der Waals surface area (Å²) in [5.41, 5.74) is 5.58. The molecule has 0 aliphatic carbocycles. The van der Waals surface area contributed by atoms with Crippen LogP contribution >= 0.6 is 0 Å². The smallest absolute Gasteiger partial charge is 0.182 e. The van der Waals surface area contributed by atoms with Crippen LogP contribution in [0.4, 0.5) is 10.1 Å². The molecule has 1 rings (SSSR count). The lowest BCUT2D eigenvalue weighted by molar-refractivity contribution is 0.0284. The number of halogens is 1. The van der Waals surface area contributed by atoms with Crippen molar-refractivity contribution in [3.63, 3.8) is 0 Å². The van der Waals surface area contributed by atoms with E-state index in [1.54, 1.807) is 7.11 Å². The van der Waals surface area contributed by atoms with E-state index in [1.807, 2.05) is 0 Å². The zero-order valence-electron chi connectivity index (χ0n) is 11.9. The van der Waals surface area contributed by atoms with E-state index in [4.69, 9.17) is 19.9 Å². The summed E-state index contributed by atoms with van der Waals surface area (Å²) in [5.74, 6) is -0.908. The summed E-state index contributed by atoms with van der Waals surface area (Å²) in [6.45, 7) is 1.57. The van der Waals surface area contributed by atoms with E-state index in [1.165, 1.54) is 6.07 Å². The van der Waals surface area contributed by atoms with Crippen molar-refractivity contribution in [1.82, 2.24) is 0 Å². The van der Waals surface area contributed by atoms with E-state index in [9.17, 15) is 12.8 Å². The molecule has 8 heteroatoms. The Hall–Kier alpha value is -1.22. The predicted molar refractivity (Wildman–Crippen MR) is 76.4 cm³/mol. The first-order chi connectivity index (χ1) is 9.97. The van der Waals surface area contributed by atoms with E-state index in [2.05, 4.69) is 0 Å². The molecule has 0 unspecified atom stereocenters. The molecule has 0 aliphatic heterocycles. The largest absolute Gasteiger partial charge is 0.398 e. The van der Waals surface area contributed by atoms with Crippen molar-refractivity contribution in [2.45, 2.75) is 4.90 Å². The topological polar surface area (TPSA) is 87.9 Å². The average Bonchev–Trinajstić information content (AvgIpc) is 2.44. The van der Waals surface area contributed by atoms with Crippen molar-refractivity contribution in [3.05, 3.63) is 24.0 Å². The molecule has 0 amide bonds. The lowest BCUT2D eigenvalue weighted by Crippen LogP contribution is -2.16. The Balaban J connectivity index is 2.35. The number of ether oxygens (including phenoxy) is 3. The van der Waals surface area contributed by atoms with Gasteiger partial charge in [-0.2, -0.15) is 0 Å². The van der Waals surface area contributed by atoms with Crippen LogP contribution in [0.2, 0.25) is 0 Å². The van der Waals surface area contributed by atoms with Crippen LogP contribution < -0.4 is 5.73 Å². The maximum absolute atomic E-state index is 13.1. The highest BCUT2D eigenvalue weighted by molar-refractivity contribution is 7.91. The number of rotatable bonds is 10. The number of methoxy groups -OCH3 is 1. The molecule has 0 aromatic heterocycles. The highest BCUT2D eigenvalue weighted by Gasteiger charge is 2.18. The third-order valence-electron chi connectivity index (χ3n) is 2.61. The fourth-order valence-corrected chi connectivity index (χ4v) is 2.80. The van der Waals surface area contributed by atoms with Crippen LogP contribution in [0.15, 0.2) is 23.1 Å². The summed E-state index contributed by atoms with van der Waals surface area (Å²) in [5, 5.41) is 0. The Morgan fingerprint density at radius 3 is 2.38 bits per heavy atom. The predicted octanol–water partition coefficient (Wildman–Crippen LogP) is 0.861. The first-order valence-electron chi connectivity index (χ1n) is 6.39. The SMILES string of the molecule is COCCOCCOCCS(=O)(=O)c1cc(F)ccc1N. The van der Waals surface area contributed by atoms with Crippen molar-refractivity contribution in [2.75, 3.05) is 51.6 Å². The molecular formula is C13H20FNO5S. The molecule has 21 heavy (non-hydrogen) atoms. The fourth-order valence-electron chi connectivity index (χ4n) is 1.52. The van der Waals surface area contributed by atoms with Gasteiger partial charge in [0.25, 0.3) is 0 Å². The highest BCUT2D eigenvalue weighted by atomic mass is 32.2. The van der Waals surface area contributed by atoms with Crippen LogP contribution in [0.3, 0.4) is 0 Å². The Kier molecular flexibility index (Phi) is 7.58. The summed E-state index contributed by atoms with van der Waals surface area (Å²) in [6, 6.07) is 3.26. The monoisotopic (exact) mass is 321 g/mol. The zero-order chi connectivity index (χ0) is 15.7. The summed E-state index contributed by atoms with van der Waals surface area (Å²) < 4.78 is 52.2. The van der Waals surface area contributed by atoms with Crippen LogP contribution in [-0.4, -0.2) is 54.3 Å². The number of sulfone groups is 1. The van der Waals surface area contributed by atoms with E-state index in [0.717, 1.165) is 12.1 Å². The van der Waals surface area contributed by atoms with Gasteiger partial charge in [-0.1, -0.05) is 0 Å². The van der Waals surface area contributed by atoms with Crippen LogP contribution in [0.25, 0.3) is 0 Å². The van der Waals surface area contributed by atoms with Crippen LogP contribution in [-0.2, 0) is 24.0 Å². The summed E-state index contributed by atoms with van der Waals surface area (Å²) in [6.07, 6.45) is 0. The fraction of sp³-hybridized carbons (Fsp3) is 0.538. The van der Waals surface area contributed by atoms with Gasteiger partial charge >= 0.3 is 0 Å². The Morgan fingerprint density at radius 2 is 1.71 bits per heavy atom. The molecule has 0 heterocycles. The molecule has 0 radical (unpaired) electrons. The molecule has 2 N–H and O–H groups in total. The molecule has 0 bridgehead atoms. The number of nitrogens with two attached hydrogens (primary N) is 1. The minimum absolute atomic E-state index is 0.00801. The first kappa shape index (κ1) is 17.8. The maximum atomic E-state index is 13.1. The van der Waals surface area contributed by atoms with Gasteiger partial charge in [0.2, 0.25) is 0 Å². The van der Waals surface area contributed by atoms with Gasteiger partial charge in [-0.05, 0) is 18.2 Å². The zero-order valence-corrected chi connectivity index (χ0v) is 12.7.